The van der Waals surface area contributed by atoms with Crippen LogP contribution < -0.4 is 0 Å². The summed E-state index contributed by atoms with van der Waals surface area (Å²) >= 11 is 0. The molecule has 11 heavy (non-hydrogen) atoms. The average Bonchev–Trinajstić information content (AvgIpc) is 2.12. The van der Waals surface area contributed by atoms with Crippen molar-refractivity contribution < 1.29 is 13.2 Å². The number of hydrogen-bond acceptors (Lipinski definition) is 1. The number of nitrogens with zero attached hydrogens (tertiary/aromatic N) is 2. The Balaban J connectivity index is 2.72. The van der Waals surface area contributed by atoms with Crippen molar-refractivity contribution in [3.8, 4) is 0 Å². The molecule has 0 unspecified atom stereocenters. The first-order valence-electron chi connectivity index (χ1n) is 3.04. The second kappa shape index (κ2) is 2.56. The van der Waals surface area contributed by atoms with Crippen LogP contribution in [0.1, 0.15) is 5.69 Å². The maximum atomic E-state index is 11.7. The maximum Gasteiger partial charge on any atom is 0.408 e. The van der Waals surface area contributed by atoms with Gasteiger partial charge in [0, 0.05) is 11.9 Å². The van der Waals surface area contributed by atoms with Crippen LogP contribution in [0.3, 0.4) is 0 Å². The van der Waals surface area contributed by atoms with Gasteiger partial charge >= 0.3 is 6.18 Å². The quantitative estimate of drug-likeness (QED) is 0.618. The van der Waals surface area contributed by atoms with Gasteiger partial charge in [-0.2, -0.15) is 18.3 Å². The molecule has 0 amide bonds. The molecule has 0 aliphatic rings. The Morgan fingerprint density at radius 1 is 1.55 bits per heavy atom. The van der Waals surface area contributed by atoms with E-state index in [1.54, 1.807) is 6.92 Å². The van der Waals surface area contributed by atoms with E-state index < -0.39 is 12.7 Å². The number of aryl methyl sites for hydroxylation is 1. The van der Waals surface area contributed by atoms with Crippen LogP contribution in [0.5, 0.6) is 0 Å². The summed E-state index contributed by atoms with van der Waals surface area (Å²) in [5, 5.41) is 3.50. The summed E-state index contributed by atoms with van der Waals surface area (Å²) in [5.41, 5.74) is 0.516. The van der Waals surface area contributed by atoms with Gasteiger partial charge in [0.1, 0.15) is 6.54 Å². The standard InChI is InChI=1S/C6H7F3N2/c1-5-2-3-10-11(5)4-6(7,8)9/h2-3H,4H2,1H3. The van der Waals surface area contributed by atoms with E-state index in [0.717, 1.165) is 4.68 Å². The number of aromatic nitrogens is 2. The second-order valence-corrected chi connectivity index (χ2v) is 2.25. The first kappa shape index (κ1) is 8.10. The largest absolute Gasteiger partial charge is 0.408 e. The summed E-state index contributed by atoms with van der Waals surface area (Å²) in [6.45, 7) is 0.574. The Kier molecular flexibility index (Phi) is 1.89. The van der Waals surface area contributed by atoms with Gasteiger partial charge in [-0.15, -0.1) is 0 Å². The van der Waals surface area contributed by atoms with Crippen molar-refractivity contribution in [1.82, 2.24) is 9.78 Å². The lowest BCUT2D eigenvalue weighted by molar-refractivity contribution is -0.142. The van der Waals surface area contributed by atoms with Crippen molar-refractivity contribution >= 4 is 0 Å². The SMILES string of the molecule is Cc1ccnn1CC(F)(F)F. The van der Waals surface area contributed by atoms with Crippen LogP contribution in [0.25, 0.3) is 0 Å². The molecule has 0 aromatic carbocycles. The molecule has 1 aromatic heterocycles. The van der Waals surface area contributed by atoms with Gasteiger partial charge < -0.3 is 0 Å². The van der Waals surface area contributed by atoms with Gasteiger partial charge in [-0.1, -0.05) is 0 Å². The van der Waals surface area contributed by atoms with Gasteiger partial charge in [-0.3, -0.25) is 4.68 Å². The van der Waals surface area contributed by atoms with Crippen molar-refractivity contribution in [1.29, 1.82) is 0 Å². The predicted octanol–water partition coefficient (Wildman–Crippen LogP) is 1.75. The third-order valence-corrected chi connectivity index (χ3v) is 1.26. The van der Waals surface area contributed by atoms with Gasteiger partial charge in [0.2, 0.25) is 0 Å². The molecule has 1 aromatic rings. The van der Waals surface area contributed by atoms with Crippen molar-refractivity contribution in [3.63, 3.8) is 0 Å². The zero-order valence-electron chi connectivity index (χ0n) is 5.89. The normalized spacial score (nSPS) is 12.0. The smallest absolute Gasteiger partial charge is 0.261 e. The highest BCUT2D eigenvalue weighted by Gasteiger charge is 2.28. The molecule has 1 heterocycles. The molecule has 0 saturated heterocycles. The molecule has 0 aliphatic carbocycles. The van der Waals surface area contributed by atoms with Gasteiger partial charge in [0.05, 0.1) is 0 Å². The minimum absolute atomic E-state index is 0.516. The molecule has 5 heteroatoms. The van der Waals surface area contributed by atoms with E-state index in [0.29, 0.717) is 5.69 Å². The fourth-order valence-electron chi connectivity index (χ4n) is 0.734. The van der Waals surface area contributed by atoms with E-state index >= 15 is 0 Å². The maximum absolute atomic E-state index is 11.7. The number of rotatable bonds is 1. The Bertz CT molecular complexity index is 238. The molecular formula is C6H7F3N2. The third kappa shape index (κ3) is 2.25. The van der Waals surface area contributed by atoms with E-state index in [1.807, 2.05) is 0 Å². The predicted molar refractivity (Wildman–Crippen MR) is 33.0 cm³/mol. The molecule has 62 valence electrons. The molecule has 0 saturated carbocycles. The summed E-state index contributed by atoms with van der Waals surface area (Å²) in [7, 11) is 0. The lowest BCUT2D eigenvalue weighted by atomic mass is 10.5. The number of halogens is 3. The fourth-order valence-corrected chi connectivity index (χ4v) is 0.734. The Labute approximate surface area is 61.6 Å². The lowest BCUT2D eigenvalue weighted by Crippen LogP contribution is -2.19. The van der Waals surface area contributed by atoms with Gasteiger partial charge in [0.15, 0.2) is 0 Å². The van der Waals surface area contributed by atoms with E-state index in [4.69, 9.17) is 0 Å². The Morgan fingerprint density at radius 2 is 2.18 bits per heavy atom. The van der Waals surface area contributed by atoms with Gasteiger partial charge in [-0.25, -0.2) is 0 Å². The third-order valence-electron chi connectivity index (χ3n) is 1.26. The van der Waals surface area contributed by atoms with E-state index in [2.05, 4.69) is 5.10 Å². The topological polar surface area (TPSA) is 17.8 Å². The monoisotopic (exact) mass is 164 g/mol. The van der Waals surface area contributed by atoms with Gasteiger partial charge in [-0.05, 0) is 13.0 Å². The number of alkyl halides is 3. The summed E-state index contributed by atoms with van der Waals surface area (Å²) in [5.74, 6) is 0. The summed E-state index contributed by atoms with van der Waals surface area (Å²) in [6, 6.07) is 1.53. The molecule has 2 nitrogen and oxygen atoms in total. The van der Waals surface area contributed by atoms with Gasteiger partial charge in [0.25, 0.3) is 0 Å². The van der Waals surface area contributed by atoms with E-state index in [-0.39, 0.29) is 0 Å². The molecule has 0 spiro atoms. The highest BCUT2D eigenvalue weighted by Crippen LogP contribution is 2.17. The summed E-state index contributed by atoms with van der Waals surface area (Å²) in [4.78, 5) is 0. The van der Waals surface area contributed by atoms with E-state index in [9.17, 15) is 13.2 Å². The van der Waals surface area contributed by atoms with E-state index in [1.165, 1.54) is 12.3 Å². The minimum atomic E-state index is -4.18. The lowest BCUT2D eigenvalue weighted by Gasteiger charge is -2.07. The van der Waals surface area contributed by atoms with Crippen LogP contribution in [-0.4, -0.2) is 16.0 Å². The minimum Gasteiger partial charge on any atom is -0.261 e. The summed E-state index contributed by atoms with van der Waals surface area (Å²) in [6.07, 6.45) is -2.84. The zero-order valence-corrected chi connectivity index (χ0v) is 5.89. The fraction of sp³-hybridized carbons (Fsp3) is 0.500. The molecule has 0 aliphatic heterocycles. The van der Waals surface area contributed by atoms with Crippen molar-refractivity contribution in [2.75, 3.05) is 0 Å². The molecule has 1 rings (SSSR count). The summed E-state index contributed by atoms with van der Waals surface area (Å²) < 4.78 is 36.1. The van der Waals surface area contributed by atoms with Crippen LogP contribution in [0.15, 0.2) is 12.3 Å². The van der Waals surface area contributed by atoms with Crippen LogP contribution in [0.2, 0.25) is 0 Å². The van der Waals surface area contributed by atoms with Crippen LogP contribution in [0.4, 0.5) is 13.2 Å². The zero-order chi connectivity index (χ0) is 8.48. The molecule has 0 bridgehead atoms. The molecule has 0 radical (unpaired) electrons. The van der Waals surface area contributed by atoms with Crippen LogP contribution in [-0.2, 0) is 6.54 Å². The Hall–Kier alpha value is -1.00. The molecule has 0 atom stereocenters. The van der Waals surface area contributed by atoms with Crippen molar-refractivity contribution in [2.45, 2.75) is 19.6 Å². The highest BCUT2D eigenvalue weighted by atomic mass is 19.4. The second-order valence-electron chi connectivity index (χ2n) is 2.25. The highest BCUT2D eigenvalue weighted by molar-refractivity contribution is 4.96. The molecule has 0 fully saturated rings. The van der Waals surface area contributed by atoms with Crippen molar-refractivity contribution in [2.24, 2.45) is 0 Å². The van der Waals surface area contributed by atoms with Crippen LogP contribution in [0, 0.1) is 6.92 Å². The first-order valence-corrected chi connectivity index (χ1v) is 3.04. The first-order chi connectivity index (χ1) is 4.99. The Morgan fingerprint density at radius 3 is 2.55 bits per heavy atom. The number of hydrogen-bond donors (Lipinski definition) is 0. The molecular weight excluding hydrogens is 157 g/mol. The van der Waals surface area contributed by atoms with Crippen molar-refractivity contribution in [3.05, 3.63) is 18.0 Å². The van der Waals surface area contributed by atoms with Crippen LogP contribution >= 0.6 is 0 Å². The average molecular weight is 164 g/mol. The molecule has 0 N–H and O–H groups in total.